The molecule has 1 amide bonds. The second-order valence-corrected chi connectivity index (χ2v) is 7.79. The van der Waals surface area contributed by atoms with Crippen LogP contribution >= 0.6 is 0 Å². The third kappa shape index (κ3) is 3.27. The first-order valence-electron chi connectivity index (χ1n) is 9.01. The Balaban J connectivity index is 1.75. The van der Waals surface area contributed by atoms with Gasteiger partial charge in [0, 0.05) is 31.1 Å². The van der Waals surface area contributed by atoms with E-state index in [0.717, 1.165) is 55.8 Å². The summed E-state index contributed by atoms with van der Waals surface area (Å²) in [6, 6.07) is 0.451. The SMILES string of the molecule is CC(C)N(C)Cc1noc2c1CN(C(=O)C1(C)CC=CCC1)CC2. The van der Waals surface area contributed by atoms with Crippen LogP contribution in [-0.4, -0.2) is 40.5 Å². The van der Waals surface area contributed by atoms with Crippen molar-refractivity contribution in [1.29, 1.82) is 0 Å². The van der Waals surface area contributed by atoms with E-state index in [4.69, 9.17) is 4.52 Å². The van der Waals surface area contributed by atoms with Crippen LogP contribution in [0.25, 0.3) is 0 Å². The number of allylic oxidation sites excluding steroid dienone is 2. The summed E-state index contributed by atoms with van der Waals surface area (Å²) in [6.45, 7) is 8.57. The first kappa shape index (κ1) is 17.2. The van der Waals surface area contributed by atoms with Crippen molar-refractivity contribution in [3.8, 4) is 0 Å². The molecular weight excluding hydrogens is 302 g/mol. The lowest BCUT2D eigenvalue weighted by molar-refractivity contribution is -0.142. The zero-order valence-electron chi connectivity index (χ0n) is 15.3. The number of carbonyl (C=O) groups excluding carboxylic acids is 1. The normalized spacial score (nSPS) is 23.8. The number of amides is 1. The van der Waals surface area contributed by atoms with Crippen molar-refractivity contribution in [1.82, 2.24) is 15.0 Å². The number of aromatic nitrogens is 1. The minimum Gasteiger partial charge on any atom is -0.361 e. The van der Waals surface area contributed by atoms with Crippen molar-refractivity contribution in [3.05, 3.63) is 29.2 Å². The van der Waals surface area contributed by atoms with Crippen LogP contribution < -0.4 is 0 Å². The molecule has 0 spiro atoms. The highest BCUT2D eigenvalue weighted by Crippen LogP contribution is 2.36. The van der Waals surface area contributed by atoms with Gasteiger partial charge in [0.1, 0.15) is 11.5 Å². The molecule has 0 bridgehead atoms. The van der Waals surface area contributed by atoms with E-state index in [1.54, 1.807) is 0 Å². The second-order valence-electron chi connectivity index (χ2n) is 7.79. The number of hydrogen-bond acceptors (Lipinski definition) is 4. The molecule has 1 aromatic heterocycles. The van der Waals surface area contributed by atoms with Gasteiger partial charge in [-0.15, -0.1) is 0 Å². The third-order valence-corrected chi connectivity index (χ3v) is 5.59. The van der Waals surface area contributed by atoms with Gasteiger partial charge in [0.15, 0.2) is 0 Å². The molecule has 1 unspecified atom stereocenters. The van der Waals surface area contributed by atoms with Gasteiger partial charge in [0.2, 0.25) is 5.91 Å². The number of rotatable bonds is 4. The highest BCUT2D eigenvalue weighted by atomic mass is 16.5. The van der Waals surface area contributed by atoms with Crippen molar-refractivity contribution in [2.24, 2.45) is 5.41 Å². The fourth-order valence-electron chi connectivity index (χ4n) is 3.52. The summed E-state index contributed by atoms with van der Waals surface area (Å²) in [5, 5.41) is 4.28. The Morgan fingerprint density at radius 1 is 1.46 bits per heavy atom. The molecule has 0 fully saturated rings. The minimum absolute atomic E-state index is 0.252. The Kier molecular flexibility index (Phi) is 4.81. The molecule has 2 aliphatic rings. The molecule has 1 aliphatic heterocycles. The van der Waals surface area contributed by atoms with Crippen LogP contribution in [0.5, 0.6) is 0 Å². The van der Waals surface area contributed by atoms with Gasteiger partial charge in [-0.3, -0.25) is 9.69 Å². The summed E-state index contributed by atoms with van der Waals surface area (Å²) in [7, 11) is 2.09. The molecule has 0 aromatic carbocycles. The molecule has 5 nitrogen and oxygen atoms in total. The predicted molar refractivity (Wildman–Crippen MR) is 93.3 cm³/mol. The molecule has 2 heterocycles. The fourth-order valence-corrected chi connectivity index (χ4v) is 3.52. The molecule has 5 heteroatoms. The lowest BCUT2D eigenvalue weighted by Gasteiger charge is -2.37. The smallest absolute Gasteiger partial charge is 0.229 e. The summed E-state index contributed by atoms with van der Waals surface area (Å²) in [5.41, 5.74) is 1.85. The average molecular weight is 331 g/mol. The first-order chi connectivity index (χ1) is 11.4. The predicted octanol–water partition coefficient (Wildman–Crippen LogP) is 3.15. The van der Waals surface area contributed by atoms with Gasteiger partial charge in [-0.05, 0) is 40.2 Å². The van der Waals surface area contributed by atoms with Gasteiger partial charge in [-0.1, -0.05) is 24.2 Å². The lowest BCUT2D eigenvalue weighted by Crippen LogP contribution is -2.45. The van der Waals surface area contributed by atoms with E-state index in [-0.39, 0.29) is 11.3 Å². The summed E-state index contributed by atoms with van der Waals surface area (Å²) in [4.78, 5) is 17.3. The summed E-state index contributed by atoms with van der Waals surface area (Å²) in [6.07, 6.45) is 7.90. The number of hydrogen-bond donors (Lipinski definition) is 0. The molecule has 0 N–H and O–H groups in total. The van der Waals surface area contributed by atoms with Gasteiger partial charge in [-0.2, -0.15) is 0 Å². The van der Waals surface area contributed by atoms with Gasteiger partial charge >= 0.3 is 0 Å². The Morgan fingerprint density at radius 2 is 2.25 bits per heavy atom. The highest BCUT2D eigenvalue weighted by Gasteiger charge is 2.38. The summed E-state index contributed by atoms with van der Waals surface area (Å²) < 4.78 is 5.54. The molecular formula is C19H29N3O2. The summed E-state index contributed by atoms with van der Waals surface area (Å²) >= 11 is 0. The van der Waals surface area contributed by atoms with E-state index < -0.39 is 0 Å². The molecule has 1 atom stereocenters. The largest absolute Gasteiger partial charge is 0.361 e. The maximum atomic E-state index is 13.1. The zero-order chi connectivity index (χ0) is 17.3. The van der Waals surface area contributed by atoms with Crippen LogP contribution in [0.15, 0.2) is 16.7 Å². The van der Waals surface area contributed by atoms with Crippen molar-refractivity contribution in [2.45, 2.75) is 65.6 Å². The van der Waals surface area contributed by atoms with Gasteiger partial charge in [0.05, 0.1) is 12.0 Å². The van der Waals surface area contributed by atoms with E-state index >= 15 is 0 Å². The number of carbonyl (C=O) groups is 1. The Bertz CT molecular complexity index is 635. The van der Waals surface area contributed by atoms with Crippen LogP contribution in [0.1, 0.15) is 57.1 Å². The lowest BCUT2D eigenvalue weighted by atomic mass is 9.77. The highest BCUT2D eigenvalue weighted by molar-refractivity contribution is 5.83. The van der Waals surface area contributed by atoms with Gasteiger partial charge < -0.3 is 9.42 Å². The van der Waals surface area contributed by atoms with Crippen molar-refractivity contribution in [2.75, 3.05) is 13.6 Å². The molecule has 24 heavy (non-hydrogen) atoms. The van der Waals surface area contributed by atoms with E-state index in [9.17, 15) is 4.79 Å². The van der Waals surface area contributed by atoms with Crippen LogP contribution in [0.2, 0.25) is 0 Å². The molecule has 0 saturated carbocycles. The molecule has 132 valence electrons. The third-order valence-electron chi connectivity index (χ3n) is 5.59. The second kappa shape index (κ2) is 6.71. The number of fused-ring (bicyclic) bond motifs is 1. The fraction of sp³-hybridized carbons (Fsp3) is 0.684. The quantitative estimate of drug-likeness (QED) is 0.795. The van der Waals surface area contributed by atoms with E-state index in [1.165, 1.54) is 0 Å². The van der Waals surface area contributed by atoms with Crippen LogP contribution in [0, 0.1) is 5.41 Å². The number of nitrogens with zero attached hydrogens (tertiary/aromatic N) is 3. The maximum absolute atomic E-state index is 13.1. The first-order valence-corrected chi connectivity index (χ1v) is 9.01. The topological polar surface area (TPSA) is 49.6 Å². The standard InChI is InChI=1S/C19H29N3O2/c1-14(2)21(4)13-16-15-12-22(11-8-17(15)24-20-16)18(23)19(3)9-6-5-7-10-19/h5-6,14H,7-13H2,1-4H3. The molecule has 1 aromatic rings. The molecule has 1 aliphatic carbocycles. The Hall–Kier alpha value is -1.62. The minimum atomic E-state index is -0.252. The maximum Gasteiger partial charge on any atom is 0.229 e. The Labute approximate surface area is 144 Å². The zero-order valence-corrected chi connectivity index (χ0v) is 15.3. The monoisotopic (exact) mass is 331 g/mol. The van der Waals surface area contributed by atoms with Crippen LogP contribution in [0.4, 0.5) is 0 Å². The van der Waals surface area contributed by atoms with Crippen molar-refractivity contribution < 1.29 is 9.32 Å². The van der Waals surface area contributed by atoms with Gasteiger partial charge in [-0.25, -0.2) is 0 Å². The van der Waals surface area contributed by atoms with Crippen molar-refractivity contribution in [3.63, 3.8) is 0 Å². The van der Waals surface area contributed by atoms with E-state index in [1.807, 2.05) is 4.90 Å². The van der Waals surface area contributed by atoms with E-state index in [0.29, 0.717) is 12.6 Å². The van der Waals surface area contributed by atoms with Crippen molar-refractivity contribution >= 4 is 5.91 Å². The average Bonchev–Trinajstić information content (AvgIpc) is 2.97. The van der Waals surface area contributed by atoms with Crippen LogP contribution in [-0.2, 0) is 24.3 Å². The molecule has 3 rings (SSSR count). The molecule has 0 saturated heterocycles. The summed E-state index contributed by atoms with van der Waals surface area (Å²) in [5.74, 6) is 1.24. The molecule has 0 radical (unpaired) electrons. The Morgan fingerprint density at radius 3 is 2.92 bits per heavy atom. The van der Waals surface area contributed by atoms with Crippen LogP contribution in [0.3, 0.4) is 0 Å². The van der Waals surface area contributed by atoms with E-state index in [2.05, 4.69) is 50.0 Å². The van der Waals surface area contributed by atoms with Gasteiger partial charge in [0.25, 0.3) is 0 Å².